The molecule has 0 bridgehead atoms. The van der Waals surface area contributed by atoms with Gasteiger partial charge in [0.25, 0.3) is 0 Å². The molecular formula is C21H23BrO5. The second-order valence-corrected chi connectivity index (χ2v) is 7.13. The third-order valence-corrected chi connectivity index (χ3v) is 4.05. The fraction of sp³-hybridized carbons (Fsp3) is 0.333. The molecule has 0 aliphatic heterocycles. The third kappa shape index (κ3) is 6.40. The number of hydrogen-bond acceptors (Lipinski definition) is 5. The van der Waals surface area contributed by atoms with Gasteiger partial charge in [0.2, 0.25) is 0 Å². The Bertz CT molecular complexity index is 784. The zero-order chi connectivity index (χ0) is 19.8. The summed E-state index contributed by atoms with van der Waals surface area (Å²) in [6.07, 6.45) is 1.71. The number of hydrogen-bond donors (Lipinski definition) is 0. The quantitative estimate of drug-likeness (QED) is 0.315. The summed E-state index contributed by atoms with van der Waals surface area (Å²) in [5.74, 6) is -0.138. The second-order valence-electron chi connectivity index (χ2n) is 6.21. The maximum Gasteiger partial charge on any atom is 0.347 e. The van der Waals surface area contributed by atoms with Crippen molar-refractivity contribution in [3.63, 3.8) is 0 Å². The molecule has 0 aromatic heterocycles. The fourth-order valence-electron chi connectivity index (χ4n) is 2.23. The van der Waals surface area contributed by atoms with Gasteiger partial charge in [0, 0.05) is 4.47 Å². The molecule has 0 atom stereocenters. The summed E-state index contributed by atoms with van der Waals surface area (Å²) in [6.45, 7) is 6.19. The average molecular weight is 435 g/mol. The van der Waals surface area contributed by atoms with Crippen LogP contribution < -0.4 is 9.47 Å². The number of esters is 2. The molecular weight excluding hydrogens is 412 g/mol. The van der Waals surface area contributed by atoms with E-state index in [9.17, 15) is 9.59 Å². The van der Waals surface area contributed by atoms with Gasteiger partial charge < -0.3 is 14.2 Å². The van der Waals surface area contributed by atoms with Gasteiger partial charge >= 0.3 is 11.9 Å². The maximum atomic E-state index is 12.5. The number of carbonyl (C=O) groups is 2. The molecule has 0 amide bonds. The van der Waals surface area contributed by atoms with Gasteiger partial charge in [0.05, 0.1) is 18.3 Å². The molecule has 0 unspecified atom stereocenters. The van der Waals surface area contributed by atoms with E-state index < -0.39 is 5.97 Å². The molecule has 0 radical (unpaired) electrons. The van der Waals surface area contributed by atoms with E-state index in [-0.39, 0.29) is 12.1 Å². The van der Waals surface area contributed by atoms with Crippen LogP contribution in [0.2, 0.25) is 0 Å². The standard InChI is InChI=1S/C21H23BrO5/c1-4-5-12-25-20(23)15-6-9-17(10-7-15)27-21(24)18-13-16(22)8-11-19(18)26-14(2)3/h6-11,13-14H,4-5,12H2,1-3H3. The Morgan fingerprint density at radius 1 is 1.04 bits per heavy atom. The molecule has 0 aliphatic carbocycles. The Kier molecular flexibility index (Phi) is 7.85. The molecule has 0 heterocycles. The zero-order valence-corrected chi connectivity index (χ0v) is 17.2. The van der Waals surface area contributed by atoms with Crippen LogP contribution in [0, 0.1) is 0 Å². The highest BCUT2D eigenvalue weighted by Crippen LogP contribution is 2.26. The van der Waals surface area contributed by atoms with Crippen molar-refractivity contribution < 1.29 is 23.8 Å². The monoisotopic (exact) mass is 434 g/mol. The minimum atomic E-state index is -0.537. The van der Waals surface area contributed by atoms with Crippen LogP contribution in [0.15, 0.2) is 46.9 Å². The lowest BCUT2D eigenvalue weighted by Gasteiger charge is -2.14. The van der Waals surface area contributed by atoms with Crippen LogP contribution in [0.1, 0.15) is 54.3 Å². The molecule has 0 fully saturated rings. The van der Waals surface area contributed by atoms with E-state index in [0.717, 1.165) is 17.3 Å². The van der Waals surface area contributed by atoms with Crippen molar-refractivity contribution in [2.45, 2.75) is 39.7 Å². The van der Waals surface area contributed by atoms with Gasteiger partial charge in [-0.25, -0.2) is 9.59 Å². The van der Waals surface area contributed by atoms with Crippen LogP contribution in [-0.4, -0.2) is 24.6 Å². The van der Waals surface area contributed by atoms with Crippen LogP contribution in [0.3, 0.4) is 0 Å². The van der Waals surface area contributed by atoms with Crippen LogP contribution in [-0.2, 0) is 4.74 Å². The first kappa shape index (κ1) is 21.0. The molecule has 2 aromatic carbocycles. The Hall–Kier alpha value is -2.34. The Morgan fingerprint density at radius 3 is 2.37 bits per heavy atom. The predicted molar refractivity (Wildman–Crippen MR) is 106 cm³/mol. The first-order chi connectivity index (χ1) is 12.9. The topological polar surface area (TPSA) is 61.8 Å². The smallest absolute Gasteiger partial charge is 0.347 e. The number of carbonyl (C=O) groups excluding carboxylic acids is 2. The molecule has 0 saturated heterocycles. The lowest BCUT2D eigenvalue weighted by molar-refractivity contribution is 0.0499. The second kappa shape index (κ2) is 10.1. The van der Waals surface area contributed by atoms with E-state index in [0.29, 0.717) is 29.2 Å². The van der Waals surface area contributed by atoms with Gasteiger partial charge in [-0.05, 0) is 62.7 Å². The van der Waals surface area contributed by atoms with Crippen molar-refractivity contribution in [2.75, 3.05) is 6.61 Å². The molecule has 144 valence electrons. The number of unbranched alkanes of at least 4 members (excludes halogenated alkanes) is 1. The predicted octanol–water partition coefficient (Wildman–Crippen LogP) is 5.41. The summed E-state index contributed by atoms with van der Waals surface area (Å²) in [5, 5.41) is 0. The minimum absolute atomic E-state index is 0.0734. The number of ether oxygens (including phenoxy) is 3. The van der Waals surface area contributed by atoms with E-state index in [1.807, 2.05) is 20.8 Å². The first-order valence-electron chi connectivity index (χ1n) is 8.86. The third-order valence-electron chi connectivity index (χ3n) is 3.56. The van der Waals surface area contributed by atoms with Crippen molar-refractivity contribution in [3.8, 4) is 11.5 Å². The van der Waals surface area contributed by atoms with Crippen molar-refractivity contribution in [3.05, 3.63) is 58.1 Å². The Labute approximate surface area is 167 Å². The highest BCUT2D eigenvalue weighted by Gasteiger charge is 2.17. The molecule has 27 heavy (non-hydrogen) atoms. The van der Waals surface area contributed by atoms with Crippen LogP contribution in [0.5, 0.6) is 11.5 Å². The normalized spacial score (nSPS) is 10.6. The molecule has 5 nitrogen and oxygen atoms in total. The summed E-state index contributed by atoms with van der Waals surface area (Å²) >= 11 is 3.35. The summed E-state index contributed by atoms with van der Waals surface area (Å²) in [5.41, 5.74) is 0.735. The molecule has 0 aliphatic rings. The van der Waals surface area contributed by atoms with Crippen LogP contribution in [0.4, 0.5) is 0 Å². The van der Waals surface area contributed by atoms with E-state index in [1.54, 1.807) is 42.5 Å². The maximum absolute atomic E-state index is 12.5. The van der Waals surface area contributed by atoms with Crippen molar-refractivity contribution in [1.29, 1.82) is 0 Å². The molecule has 0 N–H and O–H groups in total. The van der Waals surface area contributed by atoms with E-state index in [1.165, 1.54) is 0 Å². The van der Waals surface area contributed by atoms with Crippen molar-refractivity contribution in [2.24, 2.45) is 0 Å². The highest BCUT2D eigenvalue weighted by molar-refractivity contribution is 9.10. The Morgan fingerprint density at radius 2 is 1.74 bits per heavy atom. The summed E-state index contributed by atoms with van der Waals surface area (Å²) in [4.78, 5) is 24.5. The van der Waals surface area contributed by atoms with Gasteiger partial charge in [-0.1, -0.05) is 29.3 Å². The van der Waals surface area contributed by atoms with Crippen LogP contribution >= 0.6 is 15.9 Å². The van der Waals surface area contributed by atoms with Crippen LogP contribution in [0.25, 0.3) is 0 Å². The number of halogens is 1. The first-order valence-corrected chi connectivity index (χ1v) is 9.65. The van der Waals surface area contributed by atoms with Gasteiger partial charge in [-0.3, -0.25) is 0 Å². The van der Waals surface area contributed by atoms with Gasteiger partial charge in [0.1, 0.15) is 17.1 Å². The lowest BCUT2D eigenvalue weighted by Crippen LogP contribution is -2.14. The van der Waals surface area contributed by atoms with E-state index in [2.05, 4.69) is 15.9 Å². The van der Waals surface area contributed by atoms with Gasteiger partial charge in [-0.15, -0.1) is 0 Å². The SMILES string of the molecule is CCCCOC(=O)c1ccc(OC(=O)c2cc(Br)ccc2OC(C)C)cc1. The zero-order valence-electron chi connectivity index (χ0n) is 15.7. The van der Waals surface area contributed by atoms with Gasteiger partial charge in [0.15, 0.2) is 0 Å². The minimum Gasteiger partial charge on any atom is -0.490 e. The van der Waals surface area contributed by atoms with Crippen molar-refractivity contribution >= 4 is 27.9 Å². The molecule has 2 aromatic rings. The number of rotatable bonds is 8. The van der Waals surface area contributed by atoms with E-state index >= 15 is 0 Å². The molecule has 0 spiro atoms. The molecule has 2 rings (SSSR count). The summed E-state index contributed by atoms with van der Waals surface area (Å²) in [6, 6.07) is 11.4. The van der Waals surface area contributed by atoms with E-state index in [4.69, 9.17) is 14.2 Å². The lowest BCUT2D eigenvalue weighted by atomic mass is 10.2. The number of benzene rings is 2. The average Bonchev–Trinajstić information content (AvgIpc) is 2.63. The molecule has 6 heteroatoms. The summed E-state index contributed by atoms with van der Waals surface area (Å²) < 4.78 is 17.0. The Balaban J connectivity index is 2.08. The molecule has 0 saturated carbocycles. The van der Waals surface area contributed by atoms with Gasteiger partial charge in [-0.2, -0.15) is 0 Å². The fourth-order valence-corrected chi connectivity index (χ4v) is 2.59. The largest absolute Gasteiger partial charge is 0.490 e. The van der Waals surface area contributed by atoms with Crippen molar-refractivity contribution in [1.82, 2.24) is 0 Å². The highest BCUT2D eigenvalue weighted by atomic mass is 79.9. The summed E-state index contributed by atoms with van der Waals surface area (Å²) in [7, 11) is 0.